The van der Waals surface area contributed by atoms with E-state index in [-0.39, 0.29) is 5.92 Å². The Morgan fingerprint density at radius 1 is 1.29 bits per heavy atom. The molecule has 1 heterocycles. The molecular formula is C13H24N2O2. The second kappa shape index (κ2) is 5.83. The van der Waals surface area contributed by atoms with Crippen LogP contribution < -0.4 is 5.73 Å². The number of ether oxygens (including phenoxy) is 1. The summed E-state index contributed by atoms with van der Waals surface area (Å²) in [4.78, 5) is 14.4. The van der Waals surface area contributed by atoms with E-state index >= 15 is 0 Å². The molecule has 1 aliphatic heterocycles. The summed E-state index contributed by atoms with van der Waals surface area (Å²) in [6, 6.07) is 0.753. The van der Waals surface area contributed by atoms with Gasteiger partial charge in [0.25, 0.3) is 0 Å². The molecule has 1 aliphatic carbocycles. The van der Waals surface area contributed by atoms with Crippen LogP contribution >= 0.6 is 0 Å². The van der Waals surface area contributed by atoms with Crippen LogP contribution in [0.3, 0.4) is 0 Å². The van der Waals surface area contributed by atoms with Crippen molar-refractivity contribution in [2.24, 2.45) is 11.7 Å². The Balaban J connectivity index is 1.92. The van der Waals surface area contributed by atoms with Crippen molar-refractivity contribution in [3.63, 3.8) is 0 Å². The van der Waals surface area contributed by atoms with Crippen molar-refractivity contribution in [1.82, 2.24) is 4.90 Å². The summed E-state index contributed by atoms with van der Waals surface area (Å²) in [7, 11) is 0. The molecule has 1 amide bonds. The van der Waals surface area contributed by atoms with E-state index in [4.69, 9.17) is 10.5 Å². The molecule has 1 atom stereocenters. The molecule has 0 aromatic heterocycles. The molecule has 2 N–H and O–H groups in total. The van der Waals surface area contributed by atoms with Gasteiger partial charge in [0.05, 0.1) is 12.5 Å². The number of nitrogens with two attached hydrogens (primary N) is 1. The first kappa shape index (κ1) is 12.8. The maximum absolute atomic E-state index is 12.4. The monoisotopic (exact) mass is 240 g/mol. The molecular weight excluding hydrogens is 216 g/mol. The van der Waals surface area contributed by atoms with Crippen LogP contribution in [0, 0.1) is 5.92 Å². The number of hydrogen-bond donors (Lipinski definition) is 1. The van der Waals surface area contributed by atoms with Crippen LogP contribution in [0.2, 0.25) is 0 Å². The van der Waals surface area contributed by atoms with Crippen molar-refractivity contribution in [2.45, 2.75) is 51.1 Å². The zero-order valence-corrected chi connectivity index (χ0v) is 10.7. The summed E-state index contributed by atoms with van der Waals surface area (Å²) in [5.41, 5.74) is 5.91. The molecule has 0 aromatic rings. The van der Waals surface area contributed by atoms with E-state index in [1.165, 1.54) is 0 Å². The normalized spacial score (nSPS) is 33.6. The van der Waals surface area contributed by atoms with Crippen LogP contribution in [0.25, 0.3) is 0 Å². The summed E-state index contributed by atoms with van der Waals surface area (Å²) in [5.74, 6) is 0.399. The Hall–Kier alpha value is -0.610. The number of nitrogens with zero attached hydrogens (tertiary/aromatic N) is 1. The minimum atomic E-state index is 0.102. The molecule has 0 radical (unpaired) electrons. The van der Waals surface area contributed by atoms with Gasteiger partial charge in [0, 0.05) is 25.2 Å². The van der Waals surface area contributed by atoms with Crippen molar-refractivity contribution in [2.75, 3.05) is 19.8 Å². The van der Waals surface area contributed by atoms with Crippen molar-refractivity contribution >= 4 is 5.91 Å². The largest absolute Gasteiger partial charge is 0.381 e. The van der Waals surface area contributed by atoms with Crippen molar-refractivity contribution in [3.05, 3.63) is 0 Å². The summed E-state index contributed by atoms with van der Waals surface area (Å²) in [6.07, 6.45) is 5.12. The highest BCUT2D eigenvalue weighted by Gasteiger charge is 2.32. The van der Waals surface area contributed by atoms with Crippen LogP contribution in [0.1, 0.15) is 39.0 Å². The highest BCUT2D eigenvalue weighted by atomic mass is 16.5. The fourth-order valence-corrected chi connectivity index (χ4v) is 2.97. The summed E-state index contributed by atoms with van der Waals surface area (Å²) >= 11 is 0. The standard InChI is InChI=1S/C13H24N2O2/c1-2-15(12-5-3-11(14)4-6-12)13(16)10-7-8-17-9-10/h10-12H,2-9,14H2,1H3. The molecule has 98 valence electrons. The quantitative estimate of drug-likeness (QED) is 0.805. The third-order valence-corrected chi connectivity index (χ3v) is 4.08. The van der Waals surface area contributed by atoms with Gasteiger partial charge in [0.15, 0.2) is 0 Å². The van der Waals surface area contributed by atoms with E-state index in [0.29, 0.717) is 24.6 Å². The van der Waals surface area contributed by atoms with Crippen LogP contribution in [0.4, 0.5) is 0 Å². The lowest BCUT2D eigenvalue weighted by molar-refractivity contribution is -0.138. The minimum Gasteiger partial charge on any atom is -0.381 e. The Morgan fingerprint density at radius 2 is 2.00 bits per heavy atom. The van der Waals surface area contributed by atoms with Crippen molar-refractivity contribution in [1.29, 1.82) is 0 Å². The average molecular weight is 240 g/mol. The Bertz CT molecular complexity index is 256. The molecule has 4 nitrogen and oxygen atoms in total. The van der Waals surface area contributed by atoms with Gasteiger partial charge >= 0.3 is 0 Å². The highest BCUT2D eigenvalue weighted by molar-refractivity contribution is 5.79. The Labute approximate surface area is 103 Å². The second-order valence-corrected chi connectivity index (χ2v) is 5.25. The molecule has 1 unspecified atom stereocenters. The Morgan fingerprint density at radius 3 is 2.53 bits per heavy atom. The van der Waals surface area contributed by atoms with Gasteiger partial charge in [-0.25, -0.2) is 0 Å². The number of rotatable bonds is 3. The molecule has 4 heteroatoms. The first-order valence-electron chi connectivity index (χ1n) is 6.86. The molecule has 17 heavy (non-hydrogen) atoms. The lowest BCUT2D eigenvalue weighted by Crippen LogP contribution is -2.46. The van der Waals surface area contributed by atoms with Crippen LogP contribution in [-0.2, 0) is 9.53 Å². The predicted molar refractivity (Wildman–Crippen MR) is 66.5 cm³/mol. The number of carbonyl (C=O) groups excluding carboxylic acids is 1. The van der Waals surface area contributed by atoms with E-state index < -0.39 is 0 Å². The van der Waals surface area contributed by atoms with E-state index in [0.717, 1.165) is 45.3 Å². The van der Waals surface area contributed by atoms with Gasteiger partial charge in [-0.2, -0.15) is 0 Å². The molecule has 1 saturated carbocycles. The molecule has 0 spiro atoms. The van der Waals surface area contributed by atoms with E-state index in [2.05, 4.69) is 11.8 Å². The lowest BCUT2D eigenvalue weighted by Gasteiger charge is -2.36. The number of carbonyl (C=O) groups is 1. The van der Waals surface area contributed by atoms with Crippen LogP contribution in [-0.4, -0.2) is 42.6 Å². The maximum Gasteiger partial charge on any atom is 0.228 e. The van der Waals surface area contributed by atoms with Crippen LogP contribution in [0.5, 0.6) is 0 Å². The highest BCUT2D eigenvalue weighted by Crippen LogP contribution is 2.25. The lowest BCUT2D eigenvalue weighted by atomic mass is 9.90. The van der Waals surface area contributed by atoms with Gasteiger partial charge in [0.2, 0.25) is 5.91 Å². The van der Waals surface area contributed by atoms with Gasteiger partial charge in [-0.1, -0.05) is 0 Å². The van der Waals surface area contributed by atoms with Crippen molar-refractivity contribution < 1.29 is 9.53 Å². The van der Waals surface area contributed by atoms with Gasteiger partial charge in [-0.05, 0) is 39.0 Å². The zero-order valence-electron chi connectivity index (χ0n) is 10.7. The molecule has 0 bridgehead atoms. The number of amides is 1. The number of hydrogen-bond acceptors (Lipinski definition) is 3. The molecule has 2 aliphatic rings. The summed E-state index contributed by atoms with van der Waals surface area (Å²) < 4.78 is 5.31. The van der Waals surface area contributed by atoms with Gasteiger partial charge in [-0.15, -0.1) is 0 Å². The SMILES string of the molecule is CCN(C(=O)C1CCOC1)C1CCC(N)CC1. The molecule has 1 saturated heterocycles. The van der Waals surface area contributed by atoms with Gasteiger partial charge in [-0.3, -0.25) is 4.79 Å². The second-order valence-electron chi connectivity index (χ2n) is 5.25. The van der Waals surface area contributed by atoms with Crippen molar-refractivity contribution in [3.8, 4) is 0 Å². The van der Waals surface area contributed by atoms with Crippen LogP contribution in [0.15, 0.2) is 0 Å². The first-order chi connectivity index (χ1) is 8.22. The van der Waals surface area contributed by atoms with Gasteiger partial charge < -0.3 is 15.4 Å². The third kappa shape index (κ3) is 2.99. The zero-order chi connectivity index (χ0) is 12.3. The summed E-state index contributed by atoms with van der Waals surface area (Å²) in [5, 5.41) is 0. The van der Waals surface area contributed by atoms with Gasteiger partial charge in [0.1, 0.15) is 0 Å². The molecule has 0 aromatic carbocycles. The first-order valence-corrected chi connectivity index (χ1v) is 6.86. The Kier molecular flexibility index (Phi) is 4.40. The fourth-order valence-electron chi connectivity index (χ4n) is 2.97. The average Bonchev–Trinajstić information content (AvgIpc) is 2.86. The minimum absolute atomic E-state index is 0.102. The van der Waals surface area contributed by atoms with E-state index in [1.807, 2.05) is 0 Å². The predicted octanol–water partition coefficient (Wildman–Crippen LogP) is 1.14. The summed E-state index contributed by atoms with van der Waals surface area (Å²) in [6.45, 7) is 4.24. The maximum atomic E-state index is 12.4. The molecule has 2 rings (SSSR count). The van der Waals surface area contributed by atoms with E-state index in [9.17, 15) is 4.79 Å². The topological polar surface area (TPSA) is 55.6 Å². The fraction of sp³-hybridized carbons (Fsp3) is 0.923. The smallest absolute Gasteiger partial charge is 0.228 e. The van der Waals surface area contributed by atoms with E-state index in [1.54, 1.807) is 0 Å². The molecule has 2 fully saturated rings. The third-order valence-electron chi connectivity index (χ3n) is 4.08.